The number of aliphatic imine (C=N–C) groups is 1. The number of phenols is 1. The Bertz CT molecular complexity index is 1170. The van der Waals surface area contributed by atoms with Crippen LogP contribution in [0.2, 0.25) is 0 Å². The molecule has 2 heterocycles. The van der Waals surface area contributed by atoms with Crippen molar-refractivity contribution in [1.29, 1.82) is 0 Å². The zero-order valence-electron chi connectivity index (χ0n) is 15.9. The molecule has 4 rings (SSSR count). The van der Waals surface area contributed by atoms with Crippen LogP contribution in [0.25, 0.3) is 0 Å². The molecule has 2 N–H and O–H groups in total. The van der Waals surface area contributed by atoms with E-state index in [9.17, 15) is 15.0 Å². The maximum absolute atomic E-state index is 12.5. The number of benzene rings is 2. The van der Waals surface area contributed by atoms with Gasteiger partial charge in [-0.05, 0) is 36.8 Å². The smallest absolute Gasteiger partial charge is 0.348 e. The Morgan fingerprint density at radius 2 is 1.93 bits per heavy atom. The fourth-order valence-electron chi connectivity index (χ4n) is 3.32. The molecule has 1 atom stereocenters. The van der Waals surface area contributed by atoms with Crippen molar-refractivity contribution in [3.63, 3.8) is 0 Å². The quantitative estimate of drug-likeness (QED) is 0.650. The average Bonchev–Trinajstić information content (AvgIpc) is 2.86. The minimum Gasteiger partial charge on any atom is -0.507 e. The zero-order chi connectivity index (χ0) is 20.5. The summed E-state index contributed by atoms with van der Waals surface area (Å²) in [7, 11) is 1.50. The predicted molar refractivity (Wildman–Crippen MR) is 112 cm³/mol. The molecule has 0 bridgehead atoms. The molecule has 29 heavy (non-hydrogen) atoms. The molecular weight excluding hydrogens is 390 g/mol. The molecule has 0 saturated carbocycles. The van der Waals surface area contributed by atoms with Crippen molar-refractivity contribution < 1.29 is 19.4 Å². The molecule has 2 aromatic carbocycles. The number of methoxy groups -OCH3 is 1. The second-order valence-electron chi connectivity index (χ2n) is 6.67. The number of para-hydroxylation sites is 1. The first kappa shape index (κ1) is 19.1. The lowest BCUT2D eigenvalue weighted by Crippen LogP contribution is -2.17. The Hall–Kier alpha value is -3.19. The van der Waals surface area contributed by atoms with Crippen LogP contribution in [-0.4, -0.2) is 23.0 Å². The van der Waals surface area contributed by atoms with Gasteiger partial charge in [0.25, 0.3) is 0 Å². The highest BCUT2D eigenvalue weighted by atomic mass is 32.2. The molecule has 3 aromatic rings. The first-order valence-electron chi connectivity index (χ1n) is 9.00. The molecule has 1 aromatic heterocycles. The lowest BCUT2D eigenvalue weighted by molar-refractivity contribution is 0.373. The summed E-state index contributed by atoms with van der Waals surface area (Å²) < 4.78 is 10.3. The lowest BCUT2D eigenvalue weighted by atomic mass is 10.0. The minimum atomic E-state index is -0.623. The van der Waals surface area contributed by atoms with Gasteiger partial charge >= 0.3 is 5.63 Å². The Morgan fingerprint density at radius 1 is 1.14 bits per heavy atom. The van der Waals surface area contributed by atoms with Crippen LogP contribution in [0.15, 0.2) is 67.6 Å². The monoisotopic (exact) mass is 409 g/mol. The Morgan fingerprint density at radius 3 is 2.66 bits per heavy atom. The number of fused-ring (bicyclic) bond motifs is 1. The van der Waals surface area contributed by atoms with E-state index in [1.54, 1.807) is 30.8 Å². The highest BCUT2D eigenvalue weighted by Gasteiger charge is 2.26. The number of ether oxygens (including phenoxy) is 1. The molecule has 0 aliphatic carbocycles. The van der Waals surface area contributed by atoms with Gasteiger partial charge in [-0.25, -0.2) is 4.79 Å². The maximum Gasteiger partial charge on any atom is 0.348 e. The molecule has 6 nitrogen and oxygen atoms in total. The summed E-state index contributed by atoms with van der Waals surface area (Å²) in [4.78, 5) is 18.1. The van der Waals surface area contributed by atoms with Crippen LogP contribution in [0, 0.1) is 6.92 Å². The third-order valence-corrected chi connectivity index (χ3v) is 6.01. The highest BCUT2D eigenvalue weighted by Crippen LogP contribution is 2.47. The fraction of sp³-hybridized carbons (Fsp3) is 0.182. The topological polar surface area (TPSA) is 92.3 Å². The van der Waals surface area contributed by atoms with Crippen LogP contribution in [0.5, 0.6) is 17.2 Å². The van der Waals surface area contributed by atoms with Crippen molar-refractivity contribution in [2.24, 2.45) is 4.99 Å². The van der Waals surface area contributed by atoms with Crippen LogP contribution >= 0.6 is 11.8 Å². The summed E-state index contributed by atoms with van der Waals surface area (Å²) in [6.07, 6.45) is 0.368. The number of nitrogens with zero attached hydrogens (tertiary/aromatic N) is 1. The second-order valence-corrected chi connectivity index (χ2v) is 7.92. The van der Waals surface area contributed by atoms with Gasteiger partial charge in [0, 0.05) is 22.6 Å². The first-order chi connectivity index (χ1) is 14.0. The molecule has 1 aliphatic heterocycles. The van der Waals surface area contributed by atoms with Gasteiger partial charge in [-0.15, -0.1) is 11.8 Å². The summed E-state index contributed by atoms with van der Waals surface area (Å²) in [5.41, 5.74) is 1.45. The third kappa shape index (κ3) is 3.73. The van der Waals surface area contributed by atoms with Crippen molar-refractivity contribution in [2.75, 3.05) is 7.11 Å². The van der Waals surface area contributed by atoms with Crippen LogP contribution < -0.4 is 10.4 Å². The van der Waals surface area contributed by atoms with Crippen molar-refractivity contribution >= 4 is 23.2 Å². The van der Waals surface area contributed by atoms with Gasteiger partial charge in [-0.1, -0.05) is 18.2 Å². The summed E-state index contributed by atoms with van der Waals surface area (Å²) in [6, 6.07) is 14.3. The Labute approximate surface area is 171 Å². The van der Waals surface area contributed by atoms with Gasteiger partial charge in [0.2, 0.25) is 0 Å². The maximum atomic E-state index is 12.5. The molecule has 0 radical (unpaired) electrons. The van der Waals surface area contributed by atoms with Gasteiger partial charge in [-0.3, -0.25) is 4.99 Å². The SMILES string of the molecule is COc1ccc(C2CC(c3c(O)cc(C)oc3=O)=Nc3ccccc3S2)cc1O. The number of aromatic hydroxyl groups is 2. The van der Waals surface area contributed by atoms with Crippen LogP contribution in [-0.2, 0) is 0 Å². The minimum absolute atomic E-state index is 0.0410. The van der Waals surface area contributed by atoms with Gasteiger partial charge in [-0.2, -0.15) is 0 Å². The molecular formula is C22H19NO5S. The van der Waals surface area contributed by atoms with Crippen LogP contribution in [0.3, 0.4) is 0 Å². The Balaban J connectivity index is 1.85. The molecule has 7 heteroatoms. The number of aryl methyl sites for hydroxylation is 1. The van der Waals surface area contributed by atoms with Crippen molar-refractivity contribution in [2.45, 2.75) is 23.5 Å². The normalized spacial score (nSPS) is 15.9. The van der Waals surface area contributed by atoms with E-state index in [0.29, 0.717) is 29.3 Å². The van der Waals surface area contributed by atoms with E-state index in [1.165, 1.54) is 13.2 Å². The van der Waals surface area contributed by atoms with E-state index in [4.69, 9.17) is 9.15 Å². The Kier molecular flexibility index (Phi) is 5.07. The van der Waals surface area contributed by atoms with Gasteiger partial charge in [0.1, 0.15) is 17.1 Å². The van der Waals surface area contributed by atoms with Crippen molar-refractivity contribution in [1.82, 2.24) is 0 Å². The lowest BCUT2D eigenvalue weighted by Gasteiger charge is -2.17. The number of hydrogen-bond acceptors (Lipinski definition) is 7. The summed E-state index contributed by atoms with van der Waals surface area (Å²) in [6.45, 7) is 1.61. The fourth-order valence-corrected chi connectivity index (χ4v) is 4.55. The summed E-state index contributed by atoms with van der Waals surface area (Å²) in [5.74, 6) is 0.605. The van der Waals surface area contributed by atoms with E-state index in [0.717, 1.165) is 10.5 Å². The van der Waals surface area contributed by atoms with E-state index < -0.39 is 5.63 Å². The van der Waals surface area contributed by atoms with Crippen molar-refractivity contribution in [3.05, 3.63) is 75.8 Å². The van der Waals surface area contributed by atoms with E-state index >= 15 is 0 Å². The summed E-state index contributed by atoms with van der Waals surface area (Å²) >= 11 is 1.59. The highest BCUT2D eigenvalue weighted by molar-refractivity contribution is 7.99. The summed E-state index contributed by atoms with van der Waals surface area (Å²) in [5, 5.41) is 20.5. The van der Waals surface area contributed by atoms with Gasteiger partial charge < -0.3 is 19.4 Å². The average molecular weight is 409 g/mol. The van der Waals surface area contributed by atoms with E-state index in [1.807, 2.05) is 30.3 Å². The zero-order valence-corrected chi connectivity index (χ0v) is 16.7. The molecule has 1 aliphatic rings. The van der Waals surface area contributed by atoms with Crippen molar-refractivity contribution in [3.8, 4) is 17.2 Å². The first-order valence-corrected chi connectivity index (χ1v) is 9.88. The largest absolute Gasteiger partial charge is 0.507 e. The number of thioether (sulfide) groups is 1. The molecule has 148 valence electrons. The predicted octanol–water partition coefficient (Wildman–Crippen LogP) is 4.73. The van der Waals surface area contributed by atoms with Gasteiger partial charge in [0.15, 0.2) is 11.5 Å². The van der Waals surface area contributed by atoms with E-state index in [2.05, 4.69) is 4.99 Å². The van der Waals surface area contributed by atoms with Crippen LogP contribution in [0.4, 0.5) is 5.69 Å². The van der Waals surface area contributed by atoms with Gasteiger partial charge in [0.05, 0.1) is 18.5 Å². The second kappa shape index (κ2) is 7.67. The molecule has 0 fully saturated rings. The van der Waals surface area contributed by atoms with Crippen LogP contribution in [0.1, 0.15) is 28.6 Å². The number of rotatable bonds is 3. The van der Waals surface area contributed by atoms with E-state index in [-0.39, 0.29) is 22.3 Å². The molecule has 0 amide bonds. The third-order valence-electron chi connectivity index (χ3n) is 4.69. The molecule has 0 spiro atoms. The molecule has 0 saturated heterocycles. The molecule has 1 unspecified atom stereocenters. The number of hydrogen-bond donors (Lipinski definition) is 2. The number of phenolic OH excluding ortho intramolecular Hbond substituents is 1. The standard InChI is InChI=1S/C22H19NO5S/c1-12-9-17(25)21(22(26)28-12)15-11-20(13-7-8-18(27-2)16(24)10-13)29-19-6-4-3-5-14(19)23-15/h3-10,20,24-25H,11H2,1-2H3.